The van der Waals surface area contributed by atoms with Crippen molar-refractivity contribution in [1.29, 1.82) is 0 Å². The van der Waals surface area contributed by atoms with Crippen LogP contribution in [0, 0.1) is 0 Å². The number of anilines is 2. The minimum Gasteiger partial charge on any atom is -0.493 e. The van der Waals surface area contributed by atoms with Gasteiger partial charge in [-0.15, -0.1) is 0 Å². The van der Waals surface area contributed by atoms with E-state index in [1.807, 2.05) is 36.4 Å². The number of nitrogens with zero attached hydrogens (tertiary/aromatic N) is 1. The molecule has 2 heterocycles. The molecule has 5 heteroatoms. The van der Waals surface area contributed by atoms with Gasteiger partial charge in [-0.05, 0) is 29.3 Å². The summed E-state index contributed by atoms with van der Waals surface area (Å²) < 4.78 is 5.49. The smallest absolute Gasteiger partial charge is 0.244 e. The molecule has 2 aromatic rings. The maximum absolute atomic E-state index is 12.7. The monoisotopic (exact) mass is 308 g/mol. The molecule has 0 unspecified atom stereocenters. The Morgan fingerprint density at radius 2 is 2.09 bits per heavy atom. The fourth-order valence-electron chi connectivity index (χ4n) is 3.08. The Morgan fingerprint density at radius 3 is 3.00 bits per heavy atom. The lowest BCUT2D eigenvalue weighted by atomic mass is 10.0. The van der Waals surface area contributed by atoms with Crippen molar-refractivity contribution in [2.24, 2.45) is 0 Å². The van der Waals surface area contributed by atoms with Crippen LogP contribution >= 0.6 is 0 Å². The summed E-state index contributed by atoms with van der Waals surface area (Å²) >= 11 is 0. The molecule has 23 heavy (non-hydrogen) atoms. The zero-order valence-electron chi connectivity index (χ0n) is 12.5. The van der Waals surface area contributed by atoms with Crippen LogP contribution in [-0.2, 0) is 22.4 Å². The lowest BCUT2D eigenvalue weighted by molar-refractivity contribution is -0.121. The molecule has 2 aliphatic rings. The van der Waals surface area contributed by atoms with Crippen LogP contribution in [0.25, 0.3) is 0 Å². The summed E-state index contributed by atoms with van der Waals surface area (Å²) in [5.41, 5.74) is 3.52. The van der Waals surface area contributed by atoms with E-state index < -0.39 is 0 Å². The number of amides is 2. The van der Waals surface area contributed by atoms with Gasteiger partial charge in [0, 0.05) is 6.42 Å². The topological polar surface area (TPSA) is 58.6 Å². The molecule has 2 amide bonds. The molecule has 116 valence electrons. The number of benzene rings is 2. The van der Waals surface area contributed by atoms with Crippen molar-refractivity contribution in [1.82, 2.24) is 0 Å². The van der Waals surface area contributed by atoms with E-state index in [2.05, 4.69) is 5.32 Å². The average molecular weight is 308 g/mol. The maximum Gasteiger partial charge on any atom is 0.244 e. The molecule has 0 bridgehead atoms. The van der Waals surface area contributed by atoms with Crippen LogP contribution in [0.15, 0.2) is 42.5 Å². The van der Waals surface area contributed by atoms with Gasteiger partial charge in [0.2, 0.25) is 11.8 Å². The molecule has 0 saturated carbocycles. The third-order valence-electron chi connectivity index (χ3n) is 4.18. The SMILES string of the molecule is O=C1CN(C(=O)Cc2ccc3c(c2)CCO3)c2ccccc2N1. The van der Waals surface area contributed by atoms with Crippen molar-refractivity contribution < 1.29 is 14.3 Å². The maximum atomic E-state index is 12.7. The molecule has 0 fully saturated rings. The van der Waals surface area contributed by atoms with Gasteiger partial charge in [0.1, 0.15) is 12.3 Å². The Hall–Kier alpha value is -2.82. The molecule has 0 aliphatic carbocycles. The summed E-state index contributed by atoms with van der Waals surface area (Å²) in [6, 6.07) is 13.2. The van der Waals surface area contributed by atoms with Crippen molar-refractivity contribution in [2.75, 3.05) is 23.4 Å². The first-order valence-electron chi connectivity index (χ1n) is 7.64. The van der Waals surface area contributed by atoms with Crippen LogP contribution in [0.5, 0.6) is 5.75 Å². The van der Waals surface area contributed by atoms with Crippen molar-refractivity contribution in [3.63, 3.8) is 0 Å². The largest absolute Gasteiger partial charge is 0.493 e. The number of ether oxygens (including phenoxy) is 1. The standard InChI is InChI=1S/C18H16N2O3/c21-17-11-20(15-4-2-1-3-14(15)19-17)18(22)10-12-5-6-16-13(9-12)7-8-23-16/h1-6,9H,7-8,10-11H2,(H,19,21). The number of hydrogen-bond acceptors (Lipinski definition) is 3. The summed E-state index contributed by atoms with van der Waals surface area (Å²) in [5, 5.41) is 2.79. The first-order chi connectivity index (χ1) is 11.2. The zero-order valence-corrected chi connectivity index (χ0v) is 12.5. The molecule has 5 nitrogen and oxygen atoms in total. The predicted molar refractivity (Wildman–Crippen MR) is 86.8 cm³/mol. The molecule has 4 rings (SSSR count). The summed E-state index contributed by atoms with van der Waals surface area (Å²) in [7, 11) is 0. The van der Waals surface area contributed by atoms with E-state index in [0.29, 0.717) is 12.3 Å². The Labute approximate surface area is 133 Å². The van der Waals surface area contributed by atoms with E-state index in [0.717, 1.165) is 29.0 Å². The quantitative estimate of drug-likeness (QED) is 0.925. The molecule has 0 saturated heterocycles. The van der Waals surface area contributed by atoms with E-state index in [-0.39, 0.29) is 24.8 Å². The number of carbonyl (C=O) groups excluding carboxylic acids is 2. The lowest BCUT2D eigenvalue weighted by Crippen LogP contribution is -2.42. The molecule has 1 N–H and O–H groups in total. The highest BCUT2D eigenvalue weighted by molar-refractivity contribution is 6.10. The molecule has 0 radical (unpaired) electrons. The second-order valence-corrected chi connectivity index (χ2v) is 5.76. The number of nitrogens with one attached hydrogen (secondary N) is 1. The van der Waals surface area contributed by atoms with Gasteiger partial charge in [-0.3, -0.25) is 9.59 Å². The molecule has 0 atom stereocenters. The van der Waals surface area contributed by atoms with Crippen molar-refractivity contribution in [2.45, 2.75) is 12.8 Å². The van der Waals surface area contributed by atoms with Crippen LogP contribution in [0.1, 0.15) is 11.1 Å². The predicted octanol–water partition coefficient (Wildman–Crippen LogP) is 2.15. The van der Waals surface area contributed by atoms with Gasteiger partial charge >= 0.3 is 0 Å². The zero-order chi connectivity index (χ0) is 15.8. The Kier molecular flexibility index (Phi) is 3.26. The lowest BCUT2D eigenvalue weighted by Gasteiger charge is -2.29. The minimum atomic E-state index is -0.167. The Morgan fingerprint density at radius 1 is 1.22 bits per heavy atom. The summed E-state index contributed by atoms with van der Waals surface area (Å²) in [6.07, 6.45) is 1.15. The van der Waals surface area contributed by atoms with Crippen LogP contribution in [0.2, 0.25) is 0 Å². The molecule has 0 aromatic heterocycles. The van der Waals surface area contributed by atoms with Gasteiger partial charge in [-0.25, -0.2) is 0 Å². The van der Waals surface area contributed by atoms with Crippen LogP contribution in [-0.4, -0.2) is 25.0 Å². The third-order valence-corrected chi connectivity index (χ3v) is 4.18. The van der Waals surface area contributed by atoms with E-state index in [1.165, 1.54) is 0 Å². The van der Waals surface area contributed by atoms with E-state index >= 15 is 0 Å². The molecule has 2 aromatic carbocycles. The van der Waals surface area contributed by atoms with Crippen LogP contribution in [0.3, 0.4) is 0 Å². The van der Waals surface area contributed by atoms with Gasteiger partial charge in [0.25, 0.3) is 0 Å². The van der Waals surface area contributed by atoms with Crippen LogP contribution < -0.4 is 15.0 Å². The Balaban J connectivity index is 1.59. The van der Waals surface area contributed by atoms with Crippen molar-refractivity contribution >= 4 is 23.2 Å². The second kappa shape index (κ2) is 5.43. The minimum absolute atomic E-state index is 0.0594. The second-order valence-electron chi connectivity index (χ2n) is 5.76. The summed E-state index contributed by atoms with van der Waals surface area (Å²) in [4.78, 5) is 26.1. The van der Waals surface area contributed by atoms with Gasteiger partial charge < -0.3 is 15.0 Å². The molecule has 0 spiro atoms. The molecule has 2 aliphatic heterocycles. The highest BCUT2D eigenvalue weighted by atomic mass is 16.5. The van der Waals surface area contributed by atoms with E-state index in [9.17, 15) is 9.59 Å². The van der Waals surface area contributed by atoms with Crippen molar-refractivity contribution in [3.05, 3.63) is 53.6 Å². The first-order valence-corrected chi connectivity index (χ1v) is 7.64. The number of rotatable bonds is 2. The summed E-state index contributed by atoms with van der Waals surface area (Å²) in [5.74, 6) is 0.662. The van der Waals surface area contributed by atoms with Crippen molar-refractivity contribution in [3.8, 4) is 5.75 Å². The highest BCUT2D eigenvalue weighted by Gasteiger charge is 2.26. The number of hydrogen-bond donors (Lipinski definition) is 1. The number of fused-ring (bicyclic) bond motifs is 2. The highest BCUT2D eigenvalue weighted by Crippen LogP contribution is 2.30. The molecular formula is C18H16N2O3. The Bertz CT molecular complexity index is 801. The van der Waals surface area contributed by atoms with Gasteiger partial charge in [-0.1, -0.05) is 24.3 Å². The molecular weight excluding hydrogens is 292 g/mol. The van der Waals surface area contributed by atoms with E-state index in [4.69, 9.17) is 4.74 Å². The normalized spacial score (nSPS) is 15.5. The average Bonchev–Trinajstić information content (AvgIpc) is 3.01. The van der Waals surface area contributed by atoms with E-state index in [1.54, 1.807) is 11.0 Å². The van der Waals surface area contributed by atoms with Gasteiger partial charge in [-0.2, -0.15) is 0 Å². The summed E-state index contributed by atoms with van der Waals surface area (Å²) in [6.45, 7) is 0.760. The first kappa shape index (κ1) is 13.8. The van der Waals surface area contributed by atoms with Gasteiger partial charge in [0.15, 0.2) is 0 Å². The number of carbonyl (C=O) groups is 2. The number of para-hydroxylation sites is 2. The fourth-order valence-corrected chi connectivity index (χ4v) is 3.08. The fraction of sp³-hybridized carbons (Fsp3) is 0.222. The third kappa shape index (κ3) is 2.54. The van der Waals surface area contributed by atoms with Crippen LogP contribution in [0.4, 0.5) is 11.4 Å². The van der Waals surface area contributed by atoms with Gasteiger partial charge in [0.05, 0.1) is 24.4 Å².